The molecule has 0 aliphatic rings. The molecule has 0 spiro atoms. The first kappa shape index (κ1) is 12.7. The van der Waals surface area contributed by atoms with Crippen LogP contribution >= 0.6 is 0 Å². The van der Waals surface area contributed by atoms with Gasteiger partial charge in [-0.05, 0) is 6.07 Å². The summed E-state index contributed by atoms with van der Waals surface area (Å²) in [6, 6.07) is 1.92. The standard InChI is InChI=1S/C11H15F2N5/c1-17-3-2-10(16-17)6-14-4-9-5-15-18(7-9)8-11(12)13/h2-3,5,7,11,14H,4,6,8H2,1H3. The van der Waals surface area contributed by atoms with Gasteiger partial charge in [0.05, 0.1) is 11.9 Å². The summed E-state index contributed by atoms with van der Waals surface area (Å²) >= 11 is 0. The Morgan fingerprint density at radius 3 is 2.89 bits per heavy atom. The van der Waals surface area contributed by atoms with Crippen molar-refractivity contribution in [2.45, 2.75) is 26.1 Å². The van der Waals surface area contributed by atoms with Crippen molar-refractivity contribution in [3.05, 3.63) is 35.9 Å². The average Bonchev–Trinajstić information content (AvgIpc) is 2.88. The lowest BCUT2D eigenvalue weighted by Gasteiger charge is -2.00. The van der Waals surface area contributed by atoms with Crippen molar-refractivity contribution in [3.8, 4) is 0 Å². The third-order valence-electron chi connectivity index (χ3n) is 2.42. The lowest BCUT2D eigenvalue weighted by molar-refractivity contribution is 0.122. The van der Waals surface area contributed by atoms with Crippen molar-refractivity contribution in [3.63, 3.8) is 0 Å². The van der Waals surface area contributed by atoms with Gasteiger partial charge >= 0.3 is 0 Å². The minimum absolute atomic E-state index is 0.361. The quantitative estimate of drug-likeness (QED) is 0.843. The van der Waals surface area contributed by atoms with Gasteiger partial charge in [-0.2, -0.15) is 10.2 Å². The largest absolute Gasteiger partial charge is 0.307 e. The number of halogens is 2. The fourth-order valence-corrected chi connectivity index (χ4v) is 1.63. The van der Waals surface area contributed by atoms with Gasteiger partial charge in [0.2, 0.25) is 0 Å². The summed E-state index contributed by atoms with van der Waals surface area (Å²) in [5.41, 5.74) is 1.82. The molecule has 0 amide bonds. The molecule has 2 heterocycles. The summed E-state index contributed by atoms with van der Waals surface area (Å²) in [4.78, 5) is 0. The maximum Gasteiger partial charge on any atom is 0.257 e. The van der Waals surface area contributed by atoms with Gasteiger partial charge in [0.25, 0.3) is 6.43 Å². The second kappa shape index (κ2) is 5.72. The zero-order valence-corrected chi connectivity index (χ0v) is 10.1. The molecule has 0 saturated heterocycles. The van der Waals surface area contributed by atoms with Gasteiger partial charge in [0.15, 0.2) is 0 Å². The fraction of sp³-hybridized carbons (Fsp3) is 0.455. The van der Waals surface area contributed by atoms with Crippen LogP contribution < -0.4 is 5.32 Å². The highest BCUT2D eigenvalue weighted by atomic mass is 19.3. The van der Waals surface area contributed by atoms with E-state index in [1.165, 1.54) is 4.68 Å². The number of aryl methyl sites for hydroxylation is 1. The lowest BCUT2D eigenvalue weighted by Crippen LogP contribution is -2.13. The summed E-state index contributed by atoms with van der Waals surface area (Å²) in [6.45, 7) is 0.862. The minimum atomic E-state index is -2.38. The number of nitrogens with one attached hydrogen (secondary N) is 1. The Bertz CT molecular complexity index is 491. The Labute approximate surface area is 103 Å². The molecular formula is C11H15F2N5. The first-order valence-corrected chi connectivity index (χ1v) is 5.62. The van der Waals surface area contributed by atoms with E-state index in [1.54, 1.807) is 17.1 Å². The first-order chi connectivity index (χ1) is 8.63. The highest BCUT2D eigenvalue weighted by Crippen LogP contribution is 2.02. The van der Waals surface area contributed by atoms with Crippen molar-refractivity contribution in [1.82, 2.24) is 24.9 Å². The molecule has 0 aliphatic carbocycles. The van der Waals surface area contributed by atoms with E-state index >= 15 is 0 Å². The molecule has 18 heavy (non-hydrogen) atoms. The molecule has 0 radical (unpaired) electrons. The van der Waals surface area contributed by atoms with E-state index in [0.717, 1.165) is 11.3 Å². The number of hydrogen-bond donors (Lipinski definition) is 1. The molecule has 0 aliphatic heterocycles. The van der Waals surface area contributed by atoms with Gasteiger partial charge in [-0.25, -0.2) is 8.78 Å². The molecule has 1 N–H and O–H groups in total. The van der Waals surface area contributed by atoms with Crippen LogP contribution in [0.15, 0.2) is 24.7 Å². The van der Waals surface area contributed by atoms with Crippen LogP contribution in [0.1, 0.15) is 11.3 Å². The van der Waals surface area contributed by atoms with Crippen molar-refractivity contribution < 1.29 is 8.78 Å². The van der Waals surface area contributed by atoms with Crippen molar-refractivity contribution in [2.75, 3.05) is 0 Å². The molecule has 0 fully saturated rings. The molecule has 0 aromatic carbocycles. The fourth-order valence-electron chi connectivity index (χ4n) is 1.63. The Morgan fingerprint density at radius 1 is 1.39 bits per heavy atom. The highest BCUT2D eigenvalue weighted by Gasteiger charge is 2.05. The van der Waals surface area contributed by atoms with Crippen LogP contribution in [-0.2, 0) is 26.7 Å². The maximum atomic E-state index is 12.1. The van der Waals surface area contributed by atoms with E-state index in [9.17, 15) is 8.78 Å². The van der Waals surface area contributed by atoms with Crippen molar-refractivity contribution in [2.24, 2.45) is 7.05 Å². The molecule has 0 bridgehead atoms. The van der Waals surface area contributed by atoms with Crippen molar-refractivity contribution >= 4 is 0 Å². The van der Waals surface area contributed by atoms with Gasteiger partial charge in [-0.1, -0.05) is 0 Å². The number of nitrogens with zero attached hydrogens (tertiary/aromatic N) is 4. The Hall–Kier alpha value is -1.76. The lowest BCUT2D eigenvalue weighted by atomic mass is 10.3. The first-order valence-electron chi connectivity index (χ1n) is 5.62. The summed E-state index contributed by atoms with van der Waals surface area (Å²) in [5.74, 6) is 0. The van der Waals surface area contributed by atoms with E-state index in [1.807, 2.05) is 19.3 Å². The Balaban J connectivity index is 1.78. The summed E-state index contributed by atoms with van der Waals surface area (Å²) in [7, 11) is 1.86. The predicted octanol–water partition coefficient (Wildman–Crippen LogP) is 1.17. The van der Waals surface area contributed by atoms with Gasteiger partial charge in [0, 0.05) is 38.1 Å². The zero-order valence-electron chi connectivity index (χ0n) is 10.1. The molecule has 0 unspecified atom stereocenters. The number of aromatic nitrogens is 4. The molecule has 98 valence electrons. The van der Waals surface area contributed by atoms with E-state index < -0.39 is 6.43 Å². The Morgan fingerprint density at radius 2 is 2.22 bits per heavy atom. The predicted molar refractivity (Wildman–Crippen MR) is 62.0 cm³/mol. The SMILES string of the molecule is Cn1ccc(CNCc2cnn(CC(F)F)c2)n1. The third kappa shape index (κ3) is 3.63. The second-order valence-electron chi connectivity index (χ2n) is 4.05. The van der Waals surface area contributed by atoms with Crippen LogP contribution in [0.4, 0.5) is 8.78 Å². The molecule has 5 nitrogen and oxygen atoms in total. The molecule has 2 aromatic heterocycles. The van der Waals surface area contributed by atoms with E-state index in [4.69, 9.17) is 0 Å². The smallest absolute Gasteiger partial charge is 0.257 e. The zero-order chi connectivity index (χ0) is 13.0. The van der Waals surface area contributed by atoms with Gasteiger partial charge < -0.3 is 5.32 Å². The van der Waals surface area contributed by atoms with Crippen LogP contribution in [0.2, 0.25) is 0 Å². The topological polar surface area (TPSA) is 47.7 Å². The number of alkyl halides is 2. The van der Waals surface area contributed by atoms with E-state index in [0.29, 0.717) is 13.1 Å². The van der Waals surface area contributed by atoms with Crippen molar-refractivity contribution in [1.29, 1.82) is 0 Å². The third-order valence-corrected chi connectivity index (χ3v) is 2.42. The van der Waals surface area contributed by atoms with Gasteiger partial charge in [-0.3, -0.25) is 9.36 Å². The molecule has 2 rings (SSSR count). The number of hydrogen-bond acceptors (Lipinski definition) is 3. The monoisotopic (exact) mass is 255 g/mol. The Kier molecular flexibility index (Phi) is 4.03. The maximum absolute atomic E-state index is 12.1. The molecular weight excluding hydrogens is 240 g/mol. The molecule has 7 heteroatoms. The van der Waals surface area contributed by atoms with E-state index in [-0.39, 0.29) is 6.54 Å². The van der Waals surface area contributed by atoms with Gasteiger partial charge in [0.1, 0.15) is 6.54 Å². The summed E-state index contributed by atoms with van der Waals surface area (Å²) < 4.78 is 27.2. The molecule has 0 saturated carbocycles. The second-order valence-corrected chi connectivity index (χ2v) is 4.05. The minimum Gasteiger partial charge on any atom is -0.307 e. The van der Waals surface area contributed by atoms with Gasteiger partial charge in [-0.15, -0.1) is 0 Å². The van der Waals surface area contributed by atoms with E-state index in [2.05, 4.69) is 15.5 Å². The summed E-state index contributed by atoms with van der Waals surface area (Å²) in [6.07, 6.45) is 2.71. The average molecular weight is 255 g/mol. The summed E-state index contributed by atoms with van der Waals surface area (Å²) in [5, 5.41) is 11.3. The van der Waals surface area contributed by atoms with Crippen LogP contribution in [0.3, 0.4) is 0 Å². The molecule has 2 aromatic rings. The normalized spacial score (nSPS) is 11.3. The number of rotatable bonds is 6. The van der Waals surface area contributed by atoms with Crippen LogP contribution in [0, 0.1) is 0 Å². The van der Waals surface area contributed by atoms with Crippen LogP contribution in [-0.4, -0.2) is 26.0 Å². The van der Waals surface area contributed by atoms with Crippen LogP contribution in [0.5, 0.6) is 0 Å². The van der Waals surface area contributed by atoms with Crippen LogP contribution in [0.25, 0.3) is 0 Å². The molecule has 0 atom stereocenters. The highest BCUT2D eigenvalue weighted by molar-refractivity contribution is 5.04.